The van der Waals surface area contributed by atoms with Crippen LogP contribution in [0, 0.1) is 11.3 Å². The molecule has 17 heavy (non-hydrogen) atoms. The zero-order chi connectivity index (χ0) is 13.1. The highest BCUT2D eigenvalue weighted by atomic mass is 16.6. The van der Waals surface area contributed by atoms with Crippen LogP contribution in [0.2, 0.25) is 0 Å². The maximum atomic E-state index is 11.5. The highest BCUT2D eigenvalue weighted by Gasteiger charge is 2.21. The van der Waals surface area contributed by atoms with Crippen LogP contribution in [-0.2, 0) is 4.74 Å². The molecule has 0 saturated heterocycles. The normalized spacial score (nSPS) is 10.5. The van der Waals surface area contributed by atoms with Crippen LogP contribution < -0.4 is 5.06 Å². The predicted octanol–water partition coefficient (Wildman–Crippen LogP) is 2.69. The standard InChI is InChI=1S/C12H14N2O3/c1-12(2,3)17-11(15)14(16)10-6-4-9(8-13)5-7-10/h4-7,16H,1-3H3. The van der Waals surface area contributed by atoms with E-state index in [2.05, 4.69) is 0 Å². The molecule has 0 fully saturated rings. The fraction of sp³-hybridized carbons (Fsp3) is 0.333. The van der Waals surface area contributed by atoms with E-state index in [1.807, 2.05) is 6.07 Å². The molecule has 1 amide bonds. The number of hydrogen-bond acceptors (Lipinski definition) is 4. The van der Waals surface area contributed by atoms with E-state index < -0.39 is 11.7 Å². The highest BCUT2D eigenvalue weighted by molar-refractivity contribution is 5.85. The van der Waals surface area contributed by atoms with Crippen LogP contribution >= 0.6 is 0 Å². The Hall–Kier alpha value is -2.06. The molecular formula is C12H14N2O3. The van der Waals surface area contributed by atoms with Gasteiger partial charge in [0, 0.05) is 0 Å². The van der Waals surface area contributed by atoms with Crippen molar-refractivity contribution in [3.8, 4) is 6.07 Å². The summed E-state index contributed by atoms with van der Waals surface area (Å²) in [5.74, 6) is 0. The molecule has 0 bridgehead atoms. The van der Waals surface area contributed by atoms with Crippen molar-refractivity contribution in [3.05, 3.63) is 29.8 Å². The first-order chi connectivity index (χ1) is 7.83. The number of hydrogen-bond donors (Lipinski definition) is 1. The Morgan fingerprint density at radius 2 is 1.88 bits per heavy atom. The van der Waals surface area contributed by atoms with Gasteiger partial charge in [0.1, 0.15) is 5.60 Å². The fourth-order valence-electron chi connectivity index (χ4n) is 1.09. The summed E-state index contributed by atoms with van der Waals surface area (Å²) >= 11 is 0. The lowest BCUT2D eigenvalue weighted by molar-refractivity contribution is 0.0407. The second-order valence-electron chi connectivity index (χ2n) is 4.45. The molecule has 5 nitrogen and oxygen atoms in total. The topological polar surface area (TPSA) is 73.6 Å². The van der Waals surface area contributed by atoms with Gasteiger partial charge in [-0.05, 0) is 45.0 Å². The number of hydroxylamine groups is 1. The van der Waals surface area contributed by atoms with Crippen LogP contribution in [-0.4, -0.2) is 16.9 Å². The Balaban J connectivity index is 2.79. The van der Waals surface area contributed by atoms with Crippen LogP contribution in [0.4, 0.5) is 10.5 Å². The predicted molar refractivity (Wildman–Crippen MR) is 61.7 cm³/mol. The number of carbonyl (C=O) groups excluding carboxylic acids is 1. The quantitative estimate of drug-likeness (QED) is 0.598. The number of nitriles is 1. The van der Waals surface area contributed by atoms with Gasteiger partial charge in [-0.2, -0.15) is 10.3 Å². The summed E-state index contributed by atoms with van der Waals surface area (Å²) in [6, 6.07) is 7.87. The van der Waals surface area contributed by atoms with Gasteiger partial charge in [-0.3, -0.25) is 5.21 Å². The van der Waals surface area contributed by atoms with Crippen molar-refractivity contribution in [3.63, 3.8) is 0 Å². The fourth-order valence-corrected chi connectivity index (χ4v) is 1.09. The van der Waals surface area contributed by atoms with Gasteiger partial charge < -0.3 is 4.74 Å². The van der Waals surface area contributed by atoms with Crippen LogP contribution in [0.25, 0.3) is 0 Å². The zero-order valence-electron chi connectivity index (χ0n) is 9.97. The first-order valence-electron chi connectivity index (χ1n) is 5.05. The molecule has 1 aromatic carbocycles. The van der Waals surface area contributed by atoms with Crippen LogP contribution in [0.15, 0.2) is 24.3 Å². The second-order valence-corrected chi connectivity index (χ2v) is 4.45. The van der Waals surface area contributed by atoms with E-state index in [0.29, 0.717) is 10.6 Å². The number of rotatable bonds is 1. The Bertz CT molecular complexity index is 440. The van der Waals surface area contributed by atoms with Gasteiger partial charge in [-0.15, -0.1) is 0 Å². The average molecular weight is 234 g/mol. The molecule has 0 aliphatic heterocycles. The van der Waals surface area contributed by atoms with E-state index in [9.17, 15) is 10.0 Å². The maximum absolute atomic E-state index is 11.5. The summed E-state index contributed by atoms with van der Waals surface area (Å²) in [7, 11) is 0. The molecular weight excluding hydrogens is 220 g/mol. The maximum Gasteiger partial charge on any atom is 0.439 e. The lowest BCUT2D eigenvalue weighted by Gasteiger charge is -2.23. The van der Waals surface area contributed by atoms with Gasteiger partial charge in [-0.25, -0.2) is 4.79 Å². The van der Waals surface area contributed by atoms with Crippen LogP contribution in [0.3, 0.4) is 0 Å². The Morgan fingerprint density at radius 3 is 2.29 bits per heavy atom. The van der Waals surface area contributed by atoms with Crippen molar-refractivity contribution in [2.24, 2.45) is 0 Å². The monoisotopic (exact) mass is 234 g/mol. The number of nitrogens with zero attached hydrogens (tertiary/aromatic N) is 2. The smallest absolute Gasteiger partial charge is 0.439 e. The molecule has 0 saturated carbocycles. The minimum Gasteiger partial charge on any atom is -0.442 e. The minimum atomic E-state index is -0.859. The minimum absolute atomic E-state index is 0.248. The summed E-state index contributed by atoms with van der Waals surface area (Å²) in [4.78, 5) is 11.5. The average Bonchev–Trinajstić information content (AvgIpc) is 2.26. The van der Waals surface area contributed by atoms with Crippen molar-refractivity contribution in [1.29, 1.82) is 5.26 Å². The second kappa shape index (κ2) is 4.85. The third-order valence-corrected chi connectivity index (χ3v) is 1.81. The van der Waals surface area contributed by atoms with Gasteiger partial charge in [-0.1, -0.05) is 0 Å². The molecule has 0 aliphatic rings. The van der Waals surface area contributed by atoms with Crippen LogP contribution in [0.5, 0.6) is 0 Å². The Labute approximate surface area is 99.8 Å². The molecule has 90 valence electrons. The lowest BCUT2D eigenvalue weighted by atomic mass is 10.2. The molecule has 0 aliphatic carbocycles. The van der Waals surface area contributed by atoms with Crippen LogP contribution in [0.1, 0.15) is 26.3 Å². The van der Waals surface area contributed by atoms with Crippen molar-refractivity contribution < 1.29 is 14.7 Å². The molecule has 0 heterocycles. The summed E-state index contributed by atoms with van der Waals surface area (Å²) in [6.45, 7) is 5.12. The van der Waals surface area contributed by atoms with E-state index in [4.69, 9.17) is 10.00 Å². The molecule has 0 radical (unpaired) electrons. The number of anilines is 1. The van der Waals surface area contributed by atoms with E-state index >= 15 is 0 Å². The van der Waals surface area contributed by atoms with Crippen molar-refractivity contribution in [2.45, 2.75) is 26.4 Å². The largest absolute Gasteiger partial charge is 0.442 e. The SMILES string of the molecule is CC(C)(C)OC(=O)N(O)c1ccc(C#N)cc1. The number of carbonyl (C=O) groups is 1. The highest BCUT2D eigenvalue weighted by Crippen LogP contribution is 2.16. The summed E-state index contributed by atoms with van der Waals surface area (Å²) in [5.41, 5.74) is 0.0228. The van der Waals surface area contributed by atoms with Gasteiger partial charge in [0.15, 0.2) is 0 Å². The van der Waals surface area contributed by atoms with Crippen molar-refractivity contribution in [1.82, 2.24) is 0 Å². The van der Waals surface area contributed by atoms with Gasteiger partial charge in [0.25, 0.3) is 0 Å². The van der Waals surface area contributed by atoms with Crippen molar-refractivity contribution >= 4 is 11.8 Å². The third kappa shape index (κ3) is 3.78. The molecule has 0 unspecified atom stereocenters. The van der Waals surface area contributed by atoms with E-state index in [1.54, 1.807) is 20.8 Å². The Morgan fingerprint density at radius 1 is 1.35 bits per heavy atom. The molecule has 1 rings (SSSR count). The van der Waals surface area contributed by atoms with Gasteiger partial charge in [0.2, 0.25) is 0 Å². The summed E-state index contributed by atoms with van der Waals surface area (Å²) in [5, 5.41) is 18.6. The molecule has 5 heteroatoms. The molecule has 0 atom stereocenters. The van der Waals surface area contributed by atoms with E-state index in [-0.39, 0.29) is 5.69 Å². The number of benzene rings is 1. The Kier molecular flexibility index (Phi) is 3.71. The molecule has 1 aromatic rings. The molecule has 1 N–H and O–H groups in total. The molecule has 0 spiro atoms. The van der Waals surface area contributed by atoms with Crippen molar-refractivity contribution in [2.75, 3.05) is 5.06 Å². The zero-order valence-corrected chi connectivity index (χ0v) is 9.97. The lowest BCUT2D eigenvalue weighted by Crippen LogP contribution is -2.34. The van der Waals surface area contributed by atoms with E-state index in [0.717, 1.165) is 0 Å². The molecule has 0 aromatic heterocycles. The number of ether oxygens (including phenoxy) is 1. The third-order valence-electron chi connectivity index (χ3n) is 1.81. The summed E-state index contributed by atoms with van der Waals surface area (Å²) < 4.78 is 4.98. The van der Waals surface area contributed by atoms with E-state index in [1.165, 1.54) is 24.3 Å². The first-order valence-corrected chi connectivity index (χ1v) is 5.05. The van der Waals surface area contributed by atoms with Gasteiger partial charge >= 0.3 is 6.09 Å². The number of amides is 1. The van der Waals surface area contributed by atoms with Gasteiger partial charge in [0.05, 0.1) is 17.3 Å². The first kappa shape index (κ1) is 13.0. The summed E-state index contributed by atoms with van der Waals surface area (Å²) in [6.07, 6.45) is -0.859.